The lowest BCUT2D eigenvalue weighted by Crippen LogP contribution is -2.39. The van der Waals surface area contributed by atoms with Gasteiger partial charge in [0.05, 0.1) is 13.1 Å². The Morgan fingerprint density at radius 3 is 2.14 bits per heavy atom. The van der Waals surface area contributed by atoms with E-state index in [1.54, 1.807) is 0 Å². The van der Waals surface area contributed by atoms with Crippen molar-refractivity contribution in [2.45, 2.75) is 34.1 Å². The van der Waals surface area contributed by atoms with E-state index in [0.29, 0.717) is 5.57 Å². The molecule has 0 aromatic rings. The Morgan fingerprint density at radius 1 is 1.05 bits per heavy atom. The van der Waals surface area contributed by atoms with Gasteiger partial charge in [-0.3, -0.25) is 4.79 Å². The minimum Gasteiger partial charge on any atom is -0.460 e. The van der Waals surface area contributed by atoms with Crippen LogP contribution >= 0.6 is 0 Å². The summed E-state index contributed by atoms with van der Waals surface area (Å²) in [7, 11) is 0. The Labute approximate surface area is 131 Å². The number of amides is 2. The van der Waals surface area contributed by atoms with Crippen LogP contribution in [0.15, 0.2) is 12.2 Å². The predicted octanol–water partition coefficient (Wildman–Crippen LogP) is 1.38. The van der Waals surface area contributed by atoms with Gasteiger partial charge < -0.3 is 20.1 Å². The van der Waals surface area contributed by atoms with E-state index in [0.717, 1.165) is 6.42 Å². The van der Waals surface area contributed by atoms with Crippen LogP contribution < -0.4 is 10.6 Å². The van der Waals surface area contributed by atoms with Crippen LogP contribution in [0.2, 0.25) is 0 Å². The molecule has 0 fully saturated rings. The molecule has 0 aromatic heterocycles. The third-order valence-electron chi connectivity index (χ3n) is 3.07. The second-order valence-corrected chi connectivity index (χ2v) is 5.47. The maximum absolute atomic E-state index is 11.7. The van der Waals surface area contributed by atoms with Crippen LogP contribution in [0.4, 0.5) is 4.79 Å². The second-order valence-electron chi connectivity index (χ2n) is 5.47. The van der Waals surface area contributed by atoms with E-state index in [2.05, 4.69) is 17.2 Å². The summed E-state index contributed by atoms with van der Waals surface area (Å²) in [6.45, 7) is 11.1. The molecular weight excluding hydrogens is 288 g/mol. The van der Waals surface area contributed by atoms with E-state index in [9.17, 15) is 14.4 Å². The summed E-state index contributed by atoms with van der Waals surface area (Å²) in [6.07, 6.45) is 0.0960. The van der Waals surface area contributed by atoms with Crippen molar-refractivity contribution in [2.75, 3.05) is 26.3 Å². The molecule has 0 aliphatic carbocycles. The molecule has 0 spiro atoms. The van der Waals surface area contributed by atoms with E-state index in [4.69, 9.17) is 9.47 Å². The molecule has 0 aliphatic heterocycles. The zero-order valence-corrected chi connectivity index (χ0v) is 13.8. The Bertz CT molecular complexity index is 418. The standard InChI is InChI=1S/C15H26N2O5/c1-6-15(4,5)13(19)16-7-10-22-14(20)17-8-9-21-12(18)11(2)3/h2,6-10H2,1,3-5H3,(H,16,19)(H,17,20). The fourth-order valence-corrected chi connectivity index (χ4v) is 1.18. The molecule has 7 nitrogen and oxygen atoms in total. The van der Waals surface area contributed by atoms with Crippen LogP contribution in [0, 0.1) is 5.41 Å². The predicted molar refractivity (Wildman–Crippen MR) is 82.2 cm³/mol. The molecule has 0 saturated heterocycles. The Kier molecular flexibility index (Phi) is 8.89. The average Bonchev–Trinajstić information content (AvgIpc) is 2.47. The largest absolute Gasteiger partial charge is 0.460 e. The Morgan fingerprint density at radius 2 is 1.59 bits per heavy atom. The monoisotopic (exact) mass is 314 g/mol. The first-order chi connectivity index (χ1) is 10.2. The fraction of sp³-hybridized carbons (Fsp3) is 0.667. The molecule has 0 unspecified atom stereocenters. The zero-order chi connectivity index (χ0) is 17.2. The lowest BCUT2D eigenvalue weighted by molar-refractivity contribution is -0.138. The molecule has 0 aliphatic rings. The molecule has 0 bridgehead atoms. The van der Waals surface area contributed by atoms with Gasteiger partial charge in [-0.25, -0.2) is 9.59 Å². The number of hydrogen-bond acceptors (Lipinski definition) is 5. The van der Waals surface area contributed by atoms with Gasteiger partial charge in [-0.15, -0.1) is 0 Å². The number of alkyl carbamates (subject to hydrolysis) is 1. The van der Waals surface area contributed by atoms with E-state index in [1.165, 1.54) is 6.92 Å². The number of nitrogens with one attached hydrogen (secondary N) is 2. The first kappa shape index (κ1) is 19.9. The summed E-state index contributed by atoms with van der Waals surface area (Å²) < 4.78 is 9.67. The van der Waals surface area contributed by atoms with Crippen LogP contribution in [0.25, 0.3) is 0 Å². The minimum absolute atomic E-state index is 0.0439. The summed E-state index contributed by atoms with van der Waals surface area (Å²) in [4.78, 5) is 34.1. The van der Waals surface area contributed by atoms with Crippen LogP contribution in [0.5, 0.6) is 0 Å². The van der Waals surface area contributed by atoms with Gasteiger partial charge in [0, 0.05) is 11.0 Å². The smallest absolute Gasteiger partial charge is 0.407 e. The van der Waals surface area contributed by atoms with Gasteiger partial charge in [-0.2, -0.15) is 0 Å². The molecule has 0 saturated carbocycles. The van der Waals surface area contributed by atoms with Crippen molar-refractivity contribution in [3.05, 3.63) is 12.2 Å². The molecule has 0 rings (SSSR count). The second kappa shape index (κ2) is 9.81. The van der Waals surface area contributed by atoms with Gasteiger partial charge in [0.2, 0.25) is 5.91 Å². The number of esters is 1. The van der Waals surface area contributed by atoms with Crippen molar-refractivity contribution in [1.29, 1.82) is 0 Å². The summed E-state index contributed by atoms with van der Waals surface area (Å²) in [5.41, 5.74) is -0.136. The number of carbonyl (C=O) groups excluding carboxylic acids is 3. The maximum atomic E-state index is 11.7. The quantitative estimate of drug-likeness (QED) is 0.381. The highest BCUT2D eigenvalue weighted by Crippen LogP contribution is 2.18. The summed E-state index contributed by atoms with van der Waals surface area (Å²) >= 11 is 0. The molecule has 2 amide bonds. The summed E-state index contributed by atoms with van der Waals surface area (Å²) in [5.74, 6) is -0.581. The molecule has 22 heavy (non-hydrogen) atoms. The van der Waals surface area contributed by atoms with Crippen molar-refractivity contribution >= 4 is 18.0 Å². The van der Waals surface area contributed by atoms with Crippen LogP contribution in [-0.2, 0) is 19.1 Å². The topological polar surface area (TPSA) is 93.7 Å². The van der Waals surface area contributed by atoms with Gasteiger partial charge in [0.25, 0.3) is 0 Å². The lowest BCUT2D eigenvalue weighted by atomic mass is 9.89. The van der Waals surface area contributed by atoms with Crippen molar-refractivity contribution in [3.8, 4) is 0 Å². The summed E-state index contributed by atoms with van der Waals surface area (Å²) in [5, 5.41) is 5.13. The highest BCUT2D eigenvalue weighted by molar-refractivity contribution is 5.86. The number of hydrogen-bond donors (Lipinski definition) is 2. The Hall–Kier alpha value is -2.05. The molecule has 0 atom stereocenters. The molecule has 0 aromatic carbocycles. The SMILES string of the molecule is C=C(C)C(=O)OCCNC(=O)OCCNC(=O)C(C)(C)CC. The molecule has 2 N–H and O–H groups in total. The third-order valence-corrected chi connectivity index (χ3v) is 3.07. The third kappa shape index (κ3) is 8.28. The minimum atomic E-state index is -0.629. The molecule has 126 valence electrons. The molecular formula is C15H26N2O5. The number of rotatable bonds is 9. The number of ether oxygens (including phenoxy) is 2. The van der Waals surface area contributed by atoms with Crippen molar-refractivity contribution in [2.24, 2.45) is 5.41 Å². The normalized spacial score (nSPS) is 10.5. The van der Waals surface area contributed by atoms with Gasteiger partial charge >= 0.3 is 12.1 Å². The van der Waals surface area contributed by atoms with E-state index >= 15 is 0 Å². The maximum Gasteiger partial charge on any atom is 0.407 e. The first-order valence-corrected chi connectivity index (χ1v) is 7.22. The first-order valence-electron chi connectivity index (χ1n) is 7.22. The number of carbonyl (C=O) groups is 3. The average molecular weight is 314 g/mol. The van der Waals surface area contributed by atoms with Crippen LogP contribution in [0.1, 0.15) is 34.1 Å². The van der Waals surface area contributed by atoms with E-state index < -0.39 is 17.5 Å². The zero-order valence-electron chi connectivity index (χ0n) is 13.8. The van der Waals surface area contributed by atoms with Crippen molar-refractivity contribution < 1.29 is 23.9 Å². The summed E-state index contributed by atoms with van der Waals surface area (Å²) in [6, 6.07) is 0. The highest BCUT2D eigenvalue weighted by Gasteiger charge is 2.24. The van der Waals surface area contributed by atoms with Crippen LogP contribution in [-0.4, -0.2) is 44.3 Å². The fourth-order valence-electron chi connectivity index (χ4n) is 1.18. The van der Waals surface area contributed by atoms with E-state index in [-0.39, 0.29) is 32.2 Å². The van der Waals surface area contributed by atoms with Crippen molar-refractivity contribution in [1.82, 2.24) is 10.6 Å². The van der Waals surface area contributed by atoms with Gasteiger partial charge in [0.1, 0.15) is 13.2 Å². The molecule has 0 radical (unpaired) electrons. The molecule has 7 heteroatoms. The molecule has 0 heterocycles. The van der Waals surface area contributed by atoms with Crippen molar-refractivity contribution in [3.63, 3.8) is 0 Å². The highest BCUT2D eigenvalue weighted by atomic mass is 16.6. The Balaban J connectivity index is 3.69. The van der Waals surface area contributed by atoms with Crippen LogP contribution in [0.3, 0.4) is 0 Å². The van der Waals surface area contributed by atoms with Gasteiger partial charge in [-0.05, 0) is 13.3 Å². The van der Waals surface area contributed by atoms with E-state index in [1.807, 2.05) is 20.8 Å². The van der Waals surface area contributed by atoms with Gasteiger partial charge in [0.15, 0.2) is 0 Å². The lowest BCUT2D eigenvalue weighted by Gasteiger charge is -2.21. The van der Waals surface area contributed by atoms with Gasteiger partial charge in [-0.1, -0.05) is 27.4 Å².